The molecule has 0 radical (unpaired) electrons. The zero-order chi connectivity index (χ0) is 12.3. The minimum atomic E-state index is -0.544. The van der Waals surface area contributed by atoms with Crippen LogP contribution in [0.3, 0.4) is 0 Å². The van der Waals surface area contributed by atoms with Crippen LogP contribution >= 0.6 is 0 Å². The molecule has 0 aliphatic rings. The maximum absolute atomic E-state index is 10.0. The summed E-state index contributed by atoms with van der Waals surface area (Å²) in [7, 11) is 0. The van der Waals surface area contributed by atoms with Crippen molar-refractivity contribution in [3.63, 3.8) is 0 Å². The average Bonchev–Trinajstić information content (AvgIpc) is 2.11. The Morgan fingerprint density at radius 2 is 1.62 bits per heavy atom. The van der Waals surface area contributed by atoms with Gasteiger partial charge in [-0.05, 0) is 40.2 Å². The molecule has 1 N–H and O–H groups in total. The van der Waals surface area contributed by atoms with Gasteiger partial charge in [0.2, 0.25) is 0 Å². The highest BCUT2D eigenvalue weighted by Gasteiger charge is 2.15. The second-order valence-corrected chi connectivity index (χ2v) is 5.36. The van der Waals surface area contributed by atoms with Gasteiger partial charge < -0.3 is 9.84 Å². The van der Waals surface area contributed by atoms with E-state index in [1.54, 1.807) is 0 Å². The minimum absolute atomic E-state index is 0.208. The highest BCUT2D eigenvalue weighted by Crippen LogP contribution is 2.19. The fourth-order valence-electron chi connectivity index (χ4n) is 1.63. The van der Waals surface area contributed by atoms with E-state index in [4.69, 9.17) is 4.74 Å². The number of ether oxygens (including phenoxy) is 1. The number of benzene rings is 1. The SMILES string of the molecule is Cc1cc(C)cc(C(O)COC(C)(C)C)c1. The summed E-state index contributed by atoms with van der Waals surface area (Å²) in [5.41, 5.74) is 3.07. The Kier molecular flexibility index (Phi) is 4.11. The van der Waals surface area contributed by atoms with Gasteiger partial charge in [-0.25, -0.2) is 0 Å². The van der Waals surface area contributed by atoms with E-state index in [2.05, 4.69) is 6.07 Å². The monoisotopic (exact) mass is 222 g/mol. The first-order valence-electron chi connectivity index (χ1n) is 5.68. The molecular formula is C14H22O2. The third kappa shape index (κ3) is 4.33. The lowest BCUT2D eigenvalue weighted by molar-refractivity contribution is -0.0496. The summed E-state index contributed by atoms with van der Waals surface area (Å²) in [5.74, 6) is 0. The Morgan fingerprint density at radius 3 is 2.06 bits per heavy atom. The van der Waals surface area contributed by atoms with Crippen LogP contribution in [-0.2, 0) is 4.74 Å². The average molecular weight is 222 g/mol. The Morgan fingerprint density at radius 1 is 1.12 bits per heavy atom. The molecule has 2 heteroatoms. The molecule has 1 aromatic carbocycles. The molecule has 0 spiro atoms. The molecule has 16 heavy (non-hydrogen) atoms. The van der Waals surface area contributed by atoms with E-state index in [1.807, 2.05) is 46.8 Å². The Hall–Kier alpha value is -0.860. The molecule has 0 saturated carbocycles. The van der Waals surface area contributed by atoms with E-state index in [0.29, 0.717) is 6.61 Å². The first kappa shape index (κ1) is 13.2. The van der Waals surface area contributed by atoms with Crippen LogP contribution in [0.1, 0.15) is 43.6 Å². The maximum Gasteiger partial charge on any atom is 0.102 e. The zero-order valence-corrected chi connectivity index (χ0v) is 10.9. The maximum atomic E-state index is 10.0. The van der Waals surface area contributed by atoms with Crippen molar-refractivity contribution in [3.8, 4) is 0 Å². The summed E-state index contributed by atoms with van der Waals surface area (Å²) in [5, 5.41) is 10.0. The number of rotatable bonds is 3. The molecule has 1 atom stereocenters. The van der Waals surface area contributed by atoms with E-state index in [0.717, 1.165) is 5.56 Å². The second kappa shape index (κ2) is 4.98. The molecule has 1 rings (SSSR count). The van der Waals surface area contributed by atoms with Crippen LogP contribution in [0, 0.1) is 13.8 Å². The Labute approximate surface area is 98.3 Å². The van der Waals surface area contributed by atoms with Crippen LogP contribution in [0.2, 0.25) is 0 Å². The minimum Gasteiger partial charge on any atom is -0.386 e. The summed E-state index contributed by atoms with van der Waals surface area (Å²) in [6.45, 7) is 10.4. The molecule has 90 valence electrons. The highest BCUT2D eigenvalue weighted by atomic mass is 16.5. The van der Waals surface area contributed by atoms with Crippen molar-refractivity contribution in [1.29, 1.82) is 0 Å². The van der Waals surface area contributed by atoms with E-state index in [1.165, 1.54) is 11.1 Å². The third-order valence-corrected chi connectivity index (χ3v) is 2.30. The topological polar surface area (TPSA) is 29.5 Å². The lowest BCUT2D eigenvalue weighted by Crippen LogP contribution is -2.22. The van der Waals surface area contributed by atoms with Crippen molar-refractivity contribution in [2.75, 3.05) is 6.61 Å². The highest BCUT2D eigenvalue weighted by molar-refractivity contribution is 5.29. The molecule has 1 aromatic rings. The van der Waals surface area contributed by atoms with E-state index in [-0.39, 0.29) is 5.60 Å². The third-order valence-electron chi connectivity index (χ3n) is 2.30. The number of hydrogen-bond acceptors (Lipinski definition) is 2. The number of aryl methyl sites for hydroxylation is 2. The van der Waals surface area contributed by atoms with Gasteiger partial charge in [-0.2, -0.15) is 0 Å². The molecular weight excluding hydrogens is 200 g/mol. The molecule has 0 bridgehead atoms. The molecule has 0 heterocycles. The van der Waals surface area contributed by atoms with Gasteiger partial charge in [0.25, 0.3) is 0 Å². The molecule has 0 amide bonds. The summed E-state index contributed by atoms with van der Waals surface area (Å²) >= 11 is 0. The zero-order valence-electron chi connectivity index (χ0n) is 10.9. The molecule has 1 unspecified atom stereocenters. The first-order valence-corrected chi connectivity index (χ1v) is 5.68. The lowest BCUT2D eigenvalue weighted by Gasteiger charge is -2.22. The molecule has 2 nitrogen and oxygen atoms in total. The van der Waals surface area contributed by atoms with Crippen molar-refractivity contribution in [3.05, 3.63) is 34.9 Å². The van der Waals surface area contributed by atoms with Gasteiger partial charge in [0, 0.05) is 0 Å². The quantitative estimate of drug-likeness (QED) is 0.851. The molecule has 0 aromatic heterocycles. The van der Waals surface area contributed by atoms with Gasteiger partial charge in [-0.3, -0.25) is 0 Å². The van der Waals surface area contributed by atoms with Crippen LogP contribution in [0.5, 0.6) is 0 Å². The van der Waals surface area contributed by atoms with Crippen LogP contribution in [0.25, 0.3) is 0 Å². The molecule has 0 aliphatic heterocycles. The lowest BCUT2D eigenvalue weighted by atomic mass is 10.0. The van der Waals surface area contributed by atoms with Crippen LogP contribution < -0.4 is 0 Å². The van der Waals surface area contributed by atoms with E-state index < -0.39 is 6.10 Å². The van der Waals surface area contributed by atoms with Gasteiger partial charge in [0.15, 0.2) is 0 Å². The first-order chi connectivity index (χ1) is 7.28. The summed E-state index contributed by atoms with van der Waals surface area (Å²) in [6, 6.07) is 6.11. The van der Waals surface area contributed by atoms with Crippen molar-refractivity contribution in [1.82, 2.24) is 0 Å². The Balaban J connectivity index is 2.69. The van der Waals surface area contributed by atoms with Crippen LogP contribution in [0.4, 0.5) is 0 Å². The van der Waals surface area contributed by atoms with Crippen LogP contribution in [-0.4, -0.2) is 17.3 Å². The molecule has 0 aliphatic carbocycles. The summed E-state index contributed by atoms with van der Waals surface area (Å²) in [4.78, 5) is 0. The van der Waals surface area contributed by atoms with Gasteiger partial charge >= 0.3 is 0 Å². The number of aliphatic hydroxyl groups is 1. The molecule has 0 saturated heterocycles. The predicted molar refractivity (Wildman–Crippen MR) is 66.6 cm³/mol. The van der Waals surface area contributed by atoms with Gasteiger partial charge in [-0.1, -0.05) is 29.3 Å². The van der Waals surface area contributed by atoms with Crippen molar-refractivity contribution < 1.29 is 9.84 Å². The van der Waals surface area contributed by atoms with Crippen LogP contribution in [0.15, 0.2) is 18.2 Å². The van der Waals surface area contributed by atoms with E-state index in [9.17, 15) is 5.11 Å². The van der Waals surface area contributed by atoms with Gasteiger partial charge in [0.1, 0.15) is 6.10 Å². The normalized spacial score (nSPS) is 13.9. The second-order valence-electron chi connectivity index (χ2n) is 5.36. The summed E-state index contributed by atoms with van der Waals surface area (Å²) in [6.07, 6.45) is -0.544. The van der Waals surface area contributed by atoms with Crippen molar-refractivity contribution in [2.45, 2.75) is 46.3 Å². The smallest absolute Gasteiger partial charge is 0.102 e. The number of aliphatic hydroxyl groups excluding tert-OH is 1. The Bertz CT molecular complexity index is 330. The van der Waals surface area contributed by atoms with Gasteiger partial charge in [-0.15, -0.1) is 0 Å². The van der Waals surface area contributed by atoms with Crippen molar-refractivity contribution in [2.24, 2.45) is 0 Å². The largest absolute Gasteiger partial charge is 0.386 e. The van der Waals surface area contributed by atoms with Crippen molar-refractivity contribution >= 4 is 0 Å². The molecule has 0 fully saturated rings. The summed E-state index contributed by atoms with van der Waals surface area (Å²) < 4.78 is 5.58. The standard InChI is InChI=1S/C14H22O2/c1-10-6-11(2)8-12(7-10)13(15)9-16-14(3,4)5/h6-8,13,15H,9H2,1-5H3. The fraction of sp³-hybridized carbons (Fsp3) is 0.571. The van der Waals surface area contributed by atoms with E-state index >= 15 is 0 Å². The fourth-order valence-corrected chi connectivity index (χ4v) is 1.63. The predicted octanol–water partition coefficient (Wildman–Crippen LogP) is 3.15. The number of hydrogen-bond donors (Lipinski definition) is 1. The van der Waals surface area contributed by atoms with Gasteiger partial charge in [0.05, 0.1) is 12.2 Å².